The van der Waals surface area contributed by atoms with Crippen LogP contribution in [0.2, 0.25) is 10.0 Å². The number of aromatic nitrogens is 1. The summed E-state index contributed by atoms with van der Waals surface area (Å²) in [6.45, 7) is 0.753. The average Bonchev–Trinajstić information content (AvgIpc) is 2.59. The summed E-state index contributed by atoms with van der Waals surface area (Å²) in [4.78, 5) is 27.5. The zero-order valence-corrected chi connectivity index (χ0v) is 14.4. The smallest absolute Gasteiger partial charge is 0.262 e. The summed E-state index contributed by atoms with van der Waals surface area (Å²) in [5, 5.41) is 9.32. The van der Waals surface area contributed by atoms with Crippen LogP contribution >= 0.6 is 23.2 Å². The van der Waals surface area contributed by atoms with Crippen LogP contribution in [-0.4, -0.2) is 36.5 Å². The second kappa shape index (κ2) is 7.58. The third-order valence-electron chi connectivity index (χ3n) is 3.39. The highest BCUT2D eigenvalue weighted by Crippen LogP contribution is 2.28. The maximum absolute atomic E-state index is 12.2. The van der Waals surface area contributed by atoms with Crippen LogP contribution in [0.25, 0.3) is 0 Å². The summed E-state index contributed by atoms with van der Waals surface area (Å²) >= 11 is 11.8. The zero-order chi connectivity index (χ0) is 17.8. The van der Waals surface area contributed by atoms with E-state index in [9.17, 15) is 9.59 Å². The Kier molecular flexibility index (Phi) is 5.25. The molecular formula is C16H14Cl2N4O3. The van der Waals surface area contributed by atoms with Gasteiger partial charge in [-0.2, -0.15) is 0 Å². The van der Waals surface area contributed by atoms with Gasteiger partial charge < -0.3 is 20.7 Å². The summed E-state index contributed by atoms with van der Waals surface area (Å²) in [5.41, 5.74) is 0.996. The first-order valence-corrected chi connectivity index (χ1v) is 8.18. The number of hydrogen-bond donors (Lipinski definition) is 3. The van der Waals surface area contributed by atoms with Gasteiger partial charge in [0.15, 0.2) is 6.61 Å². The van der Waals surface area contributed by atoms with Crippen molar-refractivity contribution in [3.63, 3.8) is 0 Å². The molecule has 7 nitrogen and oxygen atoms in total. The molecule has 0 saturated carbocycles. The van der Waals surface area contributed by atoms with E-state index in [1.807, 2.05) is 0 Å². The van der Waals surface area contributed by atoms with Gasteiger partial charge in [-0.25, -0.2) is 4.98 Å². The van der Waals surface area contributed by atoms with Crippen LogP contribution < -0.4 is 20.7 Å². The van der Waals surface area contributed by atoms with Crippen LogP contribution in [0.3, 0.4) is 0 Å². The summed E-state index contributed by atoms with van der Waals surface area (Å²) < 4.78 is 5.29. The van der Waals surface area contributed by atoms with E-state index in [1.165, 1.54) is 6.20 Å². The second-order valence-corrected chi connectivity index (χ2v) is 6.06. The fourth-order valence-electron chi connectivity index (χ4n) is 2.22. The van der Waals surface area contributed by atoms with E-state index in [4.69, 9.17) is 27.9 Å². The molecule has 3 rings (SSSR count). The number of pyridine rings is 1. The van der Waals surface area contributed by atoms with Crippen molar-refractivity contribution in [2.75, 3.05) is 30.3 Å². The lowest BCUT2D eigenvalue weighted by Crippen LogP contribution is -2.29. The Morgan fingerprint density at radius 2 is 2.12 bits per heavy atom. The molecule has 2 aromatic rings. The predicted octanol–water partition coefficient (Wildman–Crippen LogP) is 2.56. The highest BCUT2D eigenvalue weighted by Gasteiger charge is 2.17. The lowest BCUT2D eigenvalue weighted by Gasteiger charge is -2.18. The van der Waals surface area contributed by atoms with Gasteiger partial charge >= 0.3 is 0 Å². The lowest BCUT2D eigenvalue weighted by atomic mass is 10.1. The number of halogens is 2. The Morgan fingerprint density at radius 3 is 2.92 bits per heavy atom. The van der Waals surface area contributed by atoms with Crippen LogP contribution in [0.5, 0.6) is 5.75 Å². The summed E-state index contributed by atoms with van der Waals surface area (Å²) in [6, 6.07) is 6.43. The van der Waals surface area contributed by atoms with Crippen LogP contribution in [0.4, 0.5) is 11.5 Å². The van der Waals surface area contributed by atoms with E-state index in [1.54, 1.807) is 24.3 Å². The number of rotatable bonds is 5. The first kappa shape index (κ1) is 17.3. The highest BCUT2D eigenvalue weighted by atomic mass is 35.5. The molecule has 0 atom stereocenters. The van der Waals surface area contributed by atoms with Gasteiger partial charge in [0.25, 0.3) is 11.8 Å². The number of nitrogens with zero attached hydrogens (tertiary/aromatic N) is 1. The Hall–Kier alpha value is -2.51. The largest absolute Gasteiger partial charge is 0.482 e. The van der Waals surface area contributed by atoms with Crippen molar-refractivity contribution in [2.24, 2.45) is 0 Å². The van der Waals surface area contributed by atoms with Crippen LogP contribution in [0.1, 0.15) is 10.4 Å². The van der Waals surface area contributed by atoms with Gasteiger partial charge in [0.1, 0.15) is 11.6 Å². The molecule has 1 aliphatic heterocycles. The molecule has 3 N–H and O–H groups in total. The number of benzene rings is 1. The van der Waals surface area contributed by atoms with Gasteiger partial charge in [0.05, 0.1) is 15.7 Å². The lowest BCUT2D eigenvalue weighted by molar-refractivity contribution is -0.118. The van der Waals surface area contributed by atoms with Crippen molar-refractivity contribution in [3.8, 4) is 5.75 Å². The molecule has 0 unspecified atom stereocenters. The predicted molar refractivity (Wildman–Crippen MR) is 95.6 cm³/mol. The molecule has 1 aromatic heterocycles. The minimum absolute atomic E-state index is 0.0587. The van der Waals surface area contributed by atoms with Crippen LogP contribution in [0.15, 0.2) is 30.5 Å². The molecule has 0 fully saturated rings. The van der Waals surface area contributed by atoms with E-state index in [2.05, 4.69) is 20.9 Å². The maximum atomic E-state index is 12.2. The maximum Gasteiger partial charge on any atom is 0.262 e. The van der Waals surface area contributed by atoms with Gasteiger partial charge in [-0.05, 0) is 24.3 Å². The van der Waals surface area contributed by atoms with Gasteiger partial charge in [0.2, 0.25) is 0 Å². The number of nitrogens with one attached hydrogen (secondary N) is 3. The van der Waals surface area contributed by atoms with E-state index in [0.717, 1.165) is 0 Å². The van der Waals surface area contributed by atoms with E-state index < -0.39 is 0 Å². The van der Waals surface area contributed by atoms with Crippen molar-refractivity contribution < 1.29 is 14.3 Å². The standard InChI is InChI=1S/C16H14Cl2N4O3/c17-10-6-11(18)15(21-7-10)19-3-4-20-16(24)9-1-2-12-13(5-9)25-8-14(23)22-12/h1-2,5-7H,3-4,8H2,(H,19,21)(H,20,24)(H,22,23). The Bertz CT molecular complexity index is 829. The normalized spacial score (nSPS) is 12.6. The minimum atomic E-state index is -0.250. The number of ether oxygens (including phenoxy) is 1. The van der Waals surface area contributed by atoms with Crippen molar-refractivity contribution in [3.05, 3.63) is 46.1 Å². The number of anilines is 2. The third-order valence-corrected chi connectivity index (χ3v) is 3.88. The SMILES string of the molecule is O=C1COc2cc(C(=O)NCCNc3ncc(Cl)cc3Cl)ccc2N1. The molecule has 0 spiro atoms. The molecule has 130 valence electrons. The van der Waals surface area contributed by atoms with Crippen molar-refractivity contribution in [1.29, 1.82) is 0 Å². The number of carbonyl (C=O) groups is 2. The minimum Gasteiger partial charge on any atom is -0.482 e. The van der Waals surface area contributed by atoms with Crippen molar-refractivity contribution in [2.45, 2.75) is 0 Å². The first-order chi connectivity index (χ1) is 12.0. The van der Waals surface area contributed by atoms with Gasteiger partial charge in [-0.15, -0.1) is 0 Å². The van der Waals surface area contributed by atoms with Crippen LogP contribution in [-0.2, 0) is 4.79 Å². The third kappa shape index (κ3) is 4.32. The van der Waals surface area contributed by atoms with Gasteiger partial charge in [-0.3, -0.25) is 9.59 Å². The Morgan fingerprint density at radius 1 is 1.28 bits per heavy atom. The number of fused-ring (bicyclic) bond motifs is 1. The summed E-state index contributed by atoms with van der Waals surface area (Å²) in [5.74, 6) is 0.506. The fourth-order valence-corrected chi connectivity index (χ4v) is 2.67. The quantitative estimate of drug-likeness (QED) is 0.693. The first-order valence-electron chi connectivity index (χ1n) is 7.43. The zero-order valence-electron chi connectivity index (χ0n) is 12.9. The van der Waals surface area contributed by atoms with E-state index >= 15 is 0 Å². The highest BCUT2D eigenvalue weighted by molar-refractivity contribution is 6.35. The Labute approximate surface area is 153 Å². The molecule has 9 heteroatoms. The number of carbonyl (C=O) groups excluding carboxylic acids is 2. The number of amides is 2. The van der Waals surface area contributed by atoms with Gasteiger partial charge in [-0.1, -0.05) is 23.2 Å². The molecule has 0 radical (unpaired) electrons. The molecule has 1 aliphatic rings. The summed E-state index contributed by atoms with van der Waals surface area (Å²) in [7, 11) is 0. The van der Waals surface area contributed by atoms with E-state index in [0.29, 0.717) is 46.0 Å². The topological polar surface area (TPSA) is 92.4 Å². The molecule has 2 heterocycles. The van der Waals surface area contributed by atoms with Crippen molar-refractivity contribution >= 4 is 46.5 Å². The van der Waals surface area contributed by atoms with Crippen LogP contribution in [0, 0.1) is 0 Å². The summed E-state index contributed by atoms with van der Waals surface area (Å²) in [6.07, 6.45) is 1.49. The molecule has 0 bridgehead atoms. The fraction of sp³-hybridized carbons (Fsp3) is 0.188. The van der Waals surface area contributed by atoms with Crippen molar-refractivity contribution in [1.82, 2.24) is 10.3 Å². The molecule has 2 amide bonds. The van der Waals surface area contributed by atoms with E-state index in [-0.39, 0.29) is 18.4 Å². The molecule has 25 heavy (non-hydrogen) atoms. The molecule has 0 saturated heterocycles. The number of hydrogen-bond acceptors (Lipinski definition) is 5. The molecular weight excluding hydrogens is 367 g/mol. The average molecular weight is 381 g/mol. The van der Waals surface area contributed by atoms with Gasteiger partial charge in [0, 0.05) is 24.8 Å². The Balaban J connectivity index is 1.52. The monoisotopic (exact) mass is 380 g/mol. The molecule has 0 aliphatic carbocycles. The second-order valence-electron chi connectivity index (χ2n) is 5.21. The molecule has 1 aromatic carbocycles.